The number of hydrogen-bond donors (Lipinski definition) is 2. The molecule has 2 aromatic rings. The number of carbonyl (C=O) groups is 2. The van der Waals surface area contributed by atoms with Crippen molar-refractivity contribution in [3.8, 4) is 0 Å². The van der Waals surface area contributed by atoms with E-state index in [-0.39, 0.29) is 25.0 Å². The second-order valence-corrected chi connectivity index (χ2v) is 7.80. The molecule has 3 atom stereocenters. The molecular weight excluding hydrogens is 368 g/mol. The van der Waals surface area contributed by atoms with E-state index < -0.39 is 17.7 Å². The molecule has 6 nitrogen and oxygen atoms in total. The first-order valence-electron chi connectivity index (χ1n) is 10.1. The van der Waals surface area contributed by atoms with Crippen LogP contribution in [0, 0.1) is 0 Å². The van der Waals surface area contributed by atoms with Crippen molar-refractivity contribution >= 4 is 12.0 Å². The van der Waals surface area contributed by atoms with Gasteiger partial charge in [-0.2, -0.15) is 0 Å². The number of ether oxygens (including phenoxy) is 1. The minimum absolute atomic E-state index is 0.128. The Bertz CT molecular complexity index is 858. The molecule has 0 saturated carbocycles. The van der Waals surface area contributed by atoms with Crippen molar-refractivity contribution in [2.45, 2.75) is 50.0 Å². The van der Waals surface area contributed by atoms with Crippen LogP contribution in [-0.2, 0) is 21.7 Å². The van der Waals surface area contributed by atoms with Gasteiger partial charge in [0.25, 0.3) is 0 Å². The summed E-state index contributed by atoms with van der Waals surface area (Å²) in [6, 6.07) is 17.7. The highest BCUT2D eigenvalue weighted by atomic mass is 16.5. The molecule has 0 spiro atoms. The van der Waals surface area contributed by atoms with E-state index in [1.165, 1.54) is 0 Å². The smallest absolute Gasteiger partial charge is 0.408 e. The maximum absolute atomic E-state index is 13.0. The summed E-state index contributed by atoms with van der Waals surface area (Å²) in [5.74, 6) is -0.146. The summed E-state index contributed by atoms with van der Waals surface area (Å²) in [7, 11) is 0. The number of nitrogens with zero attached hydrogens (tertiary/aromatic N) is 1. The predicted octanol–water partition coefficient (Wildman–Crippen LogP) is 2.95. The molecular formula is C23H26N2O4. The van der Waals surface area contributed by atoms with Crippen LogP contribution >= 0.6 is 0 Å². The van der Waals surface area contributed by atoms with Gasteiger partial charge in [0, 0.05) is 13.0 Å². The molecule has 0 aromatic heterocycles. The number of alkyl carbamates (subject to hydrolysis) is 1. The number of nitrogens with one attached hydrogen (secondary N) is 1. The quantitative estimate of drug-likeness (QED) is 0.836. The van der Waals surface area contributed by atoms with Gasteiger partial charge >= 0.3 is 6.09 Å². The number of aliphatic hydroxyl groups is 1. The number of carbonyl (C=O) groups excluding carboxylic acids is 2. The molecule has 2 heterocycles. The first-order valence-corrected chi connectivity index (χ1v) is 10.1. The largest absolute Gasteiger partial charge is 0.445 e. The molecule has 2 amide bonds. The summed E-state index contributed by atoms with van der Waals surface area (Å²) in [4.78, 5) is 27.1. The molecule has 0 bridgehead atoms. The van der Waals surface area contributed by atoms with Crippen LogP contribution in [0.4, 0.5) is 4.79 Å². The van der Waals surface area contributed by atoms with E-state index in [2.05, 4.69) is 5.32 Å². The Morgan fingerprint density at radius 1 is 1.10 bits per heavy atom. The van der Waals surface area contributed by atoms with Crippen LogP contribution in [0.5, 0.6) is 0 Å². The SMILES string of the molecule is O=C(N[C@H]1C[C@](O)(c2ccccc2)[C@H]2CCCCN2C1=O)OCc1ccccc1. The lowest BCUT2D eigenvalue weighted by molar-refractivity contribution is -0.162. The summed E-state index contributed by atoms with van der Waals surface area (Å²) >= 11 is 0. The number of hydrogen-bond acceptors (Lipinski definition) is 4. The Labute approximate surface area is 170 Å². The molecule has 2 fully saturated rings. The first-order chi connectivity index (χ1) is 14.1. The zero-order chi connectivity index (χ0) is 20.3. The summed E-state index contributed by atoms with van der Waals surface area (Å²) in [5, 5.41) is 14.3. The Balaban J connectivity index is 1.50. The van der Waals surface area contributed by atoms with E-state index in [9.17, 15) is 14.7 Å². The van der Waals surface area contributed by atoms with Gasteiger partial charge in [-0.3, -0.25) is 4.79 Å². The maximum Gasteiger partial charge on any atom is 0.408 e. The van der Waals surface area contributed by atoms with Crippen LogP contribution < -0.4 is 5.32 Å². The number of piperidine rings is 2. The molecule has 2 saturated heterocycles. The van der Waals surface area contributed by atoms with Gasteiger partial charge in [0.05, 0.1) is 6.04 Å². The fourth-order valence-electron chi connectivity index (χ4n) is 4.48. The van der Waals surface area contributed by atoms with E-state index in [4.69, 9.17) is 4.74 Å². The van der Waals surface area contributed by atoms with E-state index in [1.807, 2.05) is 60.7 Å². The fourth-order valence-corrected chi connectivity index (χ4v) is 4.48. The van der Waals surface area contributed by atoms with Crippen LogP contribution in [0.3, 0.4) is 0 Å². The number of fused-ring (bicyclic) bond motifs is 1. The Morgan fingerprint density at radius 2 is 1.79 bits per heavy atom. The van der Waals surface area contributed by atoms with Crippen molar-refractivity contribution in [3.05, 3.63) is 71.8 Å². The molecule has 2 N–H and O–H groups in total. The molecule has 2 aliphatic heterocycles. The van der Waals surface area contributed by atoms with Gasteiger partial charge in [0.1, 0.15) is 18.2 Å². The van der Waals surface area contributed by atoms with Gasteiger partial charge in [-0.25, -0.2) is 4.79 Å². The maximum atomic E-state index is 13.0. The van der Waals surface area contributed by atoms with Crippen LogP contribution in [0.1, 0.15) is 36.8 Å². The third kappa shape index (κ3) is 3.98. The van der Waals surface area contributed by atoms with Crippen molar-refractivity contribution < 1.29 is 19.4 Å². The molecule has 0 aliphatic carbocycles. The summed E-state index contributed by atoms with van der Waals surface area (Å²) in [6.07, 6.45) is 2.11. The van der Waals surface area contributed by atoms with Gasteiger partial charge in [-0.1, -0.05) is 60.7 Å². The van der Waals surface area contributed by atoms with Crippen molar-refractivity contribution in [3.63, 3.8) is 0 Å². The lowest BCUT2D eigenvalue weighted by Gasteiger charge is -2.51. The number of benzene rings is 2. The molecule has 0 unspecified atom stereocenters. The fraction of sp³-hybridized carbons (Fsp3) is 0.391. The molecule has 4 rings (SSSR count). The second kappa shape index (κ2) is 8.25. The van der Waals surface area contributed by atoms with Gasteiger partial charge in [0.15, 0.2) is 0 Å². The highest BCUT2D eigenvalue weighted by Gasteiger charge is 2.52. The first kappa shape index (κ1) is 19.5. The Morgan fingerprint density at radius 3 is 2.52 bits per heavy atom. The van der Waals surface area contributed by atoms with Crippen LogP contribution in [0.15, 0.2) is 60.7 Å². The summed E-state index contributed by atoms with van der Waals surface area (Å²) in [6.45, 7) is 0.721. The third-order valence-corrected chi connectivity index (χ3v) is 5.93. The normalized spacial score (nSPS) is 26.5. The van der Waals surface area contributed by atoms with Crippen molar-refractivity contribution in [2.75, 3.05) is 6.54 Å². The molecule has 2 aliphatic rings. The predicted molar refractivity (Wildman–Crippen MR) is 108 cm³/mol. The van der Waals surface area contributed by atoms with Crippen molar-refractivity contribution in [1.29, 1.82) is 0 Å². The average Bonchev–Trinajstić information content (AvgIpc) is 2.77. The second-order valence-electron chi connectivity index (χ2n) is 7.80. The molecule has 0 radical (unpaired) electrons. The summed E-state index contributed by atoms with van der Waals surface area (Å²) < 4.78 is 5.29. The van der Waals surface area contributed by atoms with Gasteiger partial charge < -0.3 is 20.1 Å². The van der Waals surface area contributed by atoms with E-state index in [0.717, 1.165) is 30.4 Å². The van der Waals surface area contributed by atoms with E-state index in [1.54, 1.807) is 4.90 Å². The van der Waals surface area contributed by atoms with Gasteiger partial charge in [-0.05, 0) is 30.4 Å². The standard InChI is InChI=1S/C23H26N2O4/c26-21-19(24-22(27)29-16-17-9-3-1-4-10-17)15-23(28,18-11-5-2-6-12-18)20-13-7-8-14-25(20)21/h1-6,9-12,19-20,28H,7-8,13-16H2,(H,24,27)/t19-,20+,23-/m0/s1. The number of rotatable bonds is 4. The molecule has 6 heteroatoms. The average molecular weight is 394 g/mol. The zero-order valence-corrected chi connectivity index (χ0v) is 16.3. The topological polar surface area (TPSA) is 78.9 Å². The number of amides is 2. The minimum atomic E-state index is -1.20. The van der Waals surface area contributed by atoms with Crippen molar-refractivity contribution in [1.82, 2.24) is 10.2 Å². The molecule has 2 aromatic carbocycles. The minimum Gasteiger partial charge on any atom is -0.445 e. The van der Waals surface area contributed by atoms with E-state index >= 15 is 0 Å². The van der Waals surface area contributed by atoms with Crippen LogP contribution in [-0.4, -0.2) is 40.6 Å². The lowest BCUT2D eigenvalue weighted by atomic mass is 9.73. The van der Waals surface area contributed by atoms with Crippen LogP contribution in [0.25, 0.3) is 0 Å². The van der Waals surface area contributed by atoms with Gasteiger partial charge in [0.2, 0.25) is 5.91 Å². The van der Waals surface area contributed by atoms with E-state index in [0.29, 0.717) is 6.54 Å². The Kier molecular flexibility index (Phi) is 5.53. The Hall–Kier alpha value is -2.86. The molecule has 152 valence electrons. The molecule has 29 heavy (non-hydrogen) atoms. The highest BCUT2D eigenvalue weighted by Crippen LogP contribution is 2.41. The highest BCUT2D eigenvalue weighted by molar-refractivity contribution is 5.87. The lowest BCUT2D eigenvalue weighted by Crippen LogP contribution is -2.66. The monoisotopic (exact) mass is 394 g/mol. The van der Waals surface area contributed by atoms with Gasteiger partial charge in [-0.15, -0.1) is 0 Å². The van der Waals surface area contributed by atoms with Crippen LogP contribution in [0.2, 0.25) is 0 Å². The third-order valence-electron chi connectivity index (χ3n) is 5.93. The zero-order valence-electron chi connectivity index (χ0n) is 16.3. The van der Waals surface area contributed by atoms with Crippen molar-refractivity contribution in [2.24, 2.45) is 0 Å². The summed E-state index contributed by atoms with van der Waals surface area (Å²) in [5.41, 5.74) is 0.441.